The highest BCUT2D eigenvalue weighted by molar-refractivity contribution is 5.14. The molecule has 1 aliphatic rings. The summed E-state index contributed by atoms with van der Waals surface area (Å²) in [5.74, 6) is 0. The zero-order valence-corrected chi connectivity index (χ0v) is 8.15. The van der Waals surface area contributed by atoms with Crippen LogP contribution in [0.2, 0.25) is 0 Å². The van der Waals surface area contributed by atoms with Crippen LogP contribution in [0, 0.1) is 0 Å². The van der Waals surface area contributed by atoms with E-state index in [-0.39, 0.29) is 0 Å². The number of hydrogen-bond donors (Lipinski definition) is 0. The highest BCUT2D eigenvalue weighted by Gasteiger charge is 1.95. The zero-order chi connectivity index (χ0) is 9.36. The predicted octanol–water partition coefficient (Wildman–Crippen LogP) is 3.32. The summed E-state index contributed by atoms with van der Waals surface area (Å²) in [4.78, 5) is 3.78. The molecule has 2 rings (SSSR count). The first-order valence-electron chi connectivity index (χ1n) is 5.03. The van der Waals surface area contributed by atoms with Crippen LogP contribution in [0.1, 0.15) is 38.5 Å². The maximum atomic E-state index is 3.78. The first-order chi connectivity index (χ1) is 6.43. The maximum absolute atomic E-state index is 3.78. The smallest absolute Gasteiger partial charge is 0.0986 e. The van der Waals surface area contributed by atoms with E-state index >= 15 is 0 Å². The Morgan fingerprint density at radius 3 is 1.85 bits per heavy atom. The average Bonchev–Trinajstić information content (AvgIpc) is 2.74. The summed E-state index contributed by atoms with van der Waals surface area (Å²) in [6, 6.07) is 0. The Morgan fingerprint density at radius 1 is 1.08 bits per heavy atom. The molecule has 13 heavy (non-hydrogen) atoms. The van der Waals surface area contributed by atoms with Crippen molar-refractivity contribution in [2.24, 2.45) is 0 Å². The van der Waals surface area contributed by atoms with Gasteiger partial charge in [-0.2, -0.15) is 0 Å². The molecule has 0 radical (unpaired) electrons. The lowest BCUT2D eigenvalue weighted by Crippen LogP contribution is -1.85. The second-order valence-electron chi connectivity index (χ2n) is 3.31. The molecule has 2 heteroatoms. The van der Waals surface area contributed by atoms with Gasteiger partial charge in [-0.3, -0.25) is 0 Å². The van der Waals surface area contributed by atoms with Crippen LogP contribution in [-0.4, -0.2) is 9.55 Å². The van der Waals surface area contributed by atoms with Gasteiger partial charge in [0.2, 0.25) is 0 Å². The van der Waals surface area contributed by atoms with Crippen molar-refractivity contribution in [2.75, 3.05) is 0 Å². The van der Waals surface area contributed by atoms with Crippen molar-refractivity contribution in [1.82, 2.24) is 9.55 Å². The molecule has 0 atom stereocenters. The van der Waals surface area contributed by atoms with Crippen molar-refractivity contribution in [3.63, 3.8) is 0 Å². The molecule has 1 aromatic heterocycles. The summed E-state index contributed by atoms with van der Waals surface area (Å²) in [5.41, 5.74) is 0. The summed E-state index contributed by atoms with van der Waals surface area (Å²) in [7, 11) is 0. The van der Waals surface area contributed by atoms with Crippen LogP contribution in [0.3, 0.4) is 0 Å². The Labute approximate surface area is 80.3 Å². The minimum Gasteiger partial charge on any atom is -0.314 e. The Morgan fingerprint density at radius 2 is 1.62 bits per heavy atom. The third-order valence-corrected chi connectivity index (χ3v) is 2.24. The van der Waals surface area contributed by atoms with Crippen LogP contribution in [-0.2, 0) is 0 Å². The fourth-order valence-corrected chi connectivity index (χ4v) is 1.44. The van der Waals surface area contributed by atoms with Crippen LogP contribution in [0.4, 0.5) is 0 Å². The highest BCUT2D eigenvalue weighted by atomic mass is 15.0. The number of nitrogens with zero attached hydrogens (tertiary/aromatic N) is 2. The zero-order valence-electron chi connectivity index (χ0n) is 8.15. The van der Waals surface area contributed by atoms with Gasteiger partial charge in [-0.25, -0.2) is 4.98 Å². The molecule has 1 fully saturated rings. The number of aromatic nitrogens is 2. The molecule has 72 valence electrons. The lowest BCUT2D eigenvalue weighted by Gasteiger charge is -2.05. The molecule has 0 aliphatic heterocycles. The lowest BCUT2D eigenvalue weighted by atomic mass is 10.0. The van der Waals surface area contributed by atoms with E-state index in [1.807, 2.05) is 6.20 Å². The van der Waals surface area contributed by atoms with Gasteiger partial charge in [-0.1, -0.05) is 45.1 Å². The summed E-state index contributed by atoms with van der Waals surface area (Å²) in [5, 5.41) is 0. The second-order valence-corrected chi connectivity index (χ2v) is 3.31. The van der Waals surface area contributed by atoms with Crippen molar-refractivity contribution < 1.29 is 0 Å². The van der Waals surface area contributed by atoms with Gasteiger partial charge in [0, 0.05) is 18.6 Å². The van der Waals surface area contributed by atoms with E-state index in [1.54, 1.807) is 23.3 Å². The van der Waals surface area contributed by atoms with Crippen LogP contribution >= 0.6 is 0 Å². The van der Waals surface area contributed by atoms with E-state index in [4.69, 9.17) is 0 Å². The van der Waals surface area contributed by atoms with Gasteiger partial charge in [0.15, 0.2) is 0 Å². The molecule has 0 bridgehead atoms. The van der Waals surface area contributed by atoms with E-state index < -0.39 is 0 Å². The van der Waals surface area contributed by atoms with Crippen LogP contribution in [0.5, 0.6) is 0 Å². The summed E-state index contributed by atoms with van der Waals surface area (Å²) >= 11 is 0. The van der Waals surface area contributed by atoms with Gasteiger partial charge >= 0.3 is 0 Å². The van der Waals surface area contributed by atoms with Crippen LogP contribution in [0.15, 0.2) is 25.3 Å². The third-order valence-electron chi connectivity index (χ3n) is 2.24. The van der Waals surface area contributed by atoms with Gasteiger partial charge in [0.1, 0.15) is 0 Å². The molecule has 1 aliphatic carbocycles. The quantitative estimate of drug-likeness (QED) is 0.645. The molecule has 0 N–H and O–H groups in total. The van der Waals surface area contributed by atoms with Gasteiger partial charge < -0.3 is 4.57 Å². The topological polar surface area (TPSA) is 17.8 Å². The third kappa shape index (κ3) is 4.51. The van der Waals surface area contributed by atoms with Gasteiger partial charge in [-0.15, -0.1) is 0 Å². The lowest BCUT2D eigenvalue weighted by molar-refractivity contribution is 0.504. The van der Waals surface area contributed by atoms with Crippen molar-refractivity contribution in [1.29, 1.82) is 0 Å². The minimum absolute atomic E-state index is 1.50. The SMILES string of the molecule is C1CCCCC1.C=Cn1ccnc1. The van der Waals surface area contributed by atoms with E-state index in [0.717, 1.165) is 0 Å². The highest BCUT2D eigenvalue weighted by Crippen LogP contribution is 2.15. The summed E-state index contributed by atoms with van der Waals surface area (Å²) in [6.45, 7) is 3.53. The Hall–Kier alpha value is -1.05. The summed E-state index contributed by atoms with van der Waals surface area (Å²) < 4.78 is 1.78. The Bertz CT molecular complexity index is 198. The van der Waals surface area contributed by atoms with E-state index in [9.17, 15) is 0 Å². The molecular formula is C11H18N2. The van der Waals surface area contributed by atoms with E-state index in [2.05, 4.69) is 11.6 Å². The van der Waals surface area contributed by atoms with Crippen LogP contribution in [0.25, 0.3) is 6.20 Å². The van der Waals surface area contributed by atoms with E-state index in [1.165, 1.54) is 38.5 Å². The van der Waals surface area contributed by atoms with Gasteiger partial charge in [-0.05, 0) is 0 Å². The number of rotatable bonds is 1. The molecule has 0 saturated heterocycles. The summed E-state index contributed by atoms with van der Waals surface area (Å²) in [6.07, 6.45) is 15.9. The Balaban J connectivity index is 0.000000132. The molecule has 0 aromatic carbocycles. The fraction of sp³-hybridized carbons (Fsp3) is 0.545. The monoisotopic (exact) mass is 178 g/mol. The van der Waals surface area contributed by atoms with Crippen molar-refractivity contribution in [3.05, 3.63) is 25.3 Å². The molecule has 1 aromatic rings. The molecule has 1 saturated carbocycles. The van der Waals surface area contributed by atoms with Crippen molar-refractivity contribution >= 4 is 6.20 Å². The second kappa shape index (κ2) is 6.46. The molecule has 0 amide bonds. The average molecular weight is 178 g/mol. The largest absolute Gasteiger partial charge is 0.314 e. The first kappa shape index (κ1) is 10.0. The Kier molecular flexibility index (Phi) is 4.99. The van der Waals surface area contributed by atoms with Crippen molar-refractivity contribution in [2.45, 2.75) is 38.5 Å². The van der Waals surface area contributed by atoms with Crippen LogP contribution < -0.4 is 0 Å². The molecule has 0 unspecified atom stereocenters. The normalized spacial score (nSPS) is 15.7. The number of hydrogen-bond acceptors (Lipinski definition) is 1. The molecule has 2 nitrogen and oxygen atoms in total. The standard InChI is InChI=1S/C6H12.C5H6N2/c1-2-4-6-5-3-1;1-2-7-4-3-6-5-7/h1-6H2;2-5H,1H2. The molecule has 0 spiro atoms. The van der Waals surface area contributed by atoms with Crippen molar-refractivity contribution in [3.8, 4) is 0 Å². The minimum atomic E-state index is 1.50. The fourth-order valence-electron chi connectivity index (χ4n) is 1.44. The number of imidazole rings is 1. The van der Waals surface area contributed by atoms with E-state index in [0.29, 0.717) is 0 Å². The molecular weight excluding hydrogens is 160 g/mol. The predicted molar refractivity (Wildman–Crippen MR) is 56.3 cm³/mol. The first-order valence-corrected chi connectivity index (χ1v) is 5.03. The molecule has 1 heterocycles. The van der Waals surface area contributed by atoms with Gasteiger partial charge in [0.25, 0.3) is 0 Å². The maximum Gasteiger partial charge on any atom is 0.0986 e. The van der Waals surface area contributed by atoms with Gasteiger partial charge in [0.05, 0.1) is 6.33 Å².